The molecule has 3 nitrogen and oxygen atoms in total. The van der Waals surface area contributed by atoms with Crippen molar-refractivity contribution in [3.8, 4) is 0 Å². The number of unbranched alkanes of at least 4 members (excludes halogenated alkanes) is 9. The van der Waals surface area contributed by atoms with Crippen LogP contribution in [-0.4, -0.2) is 35.9 Å². The van der Waals surface area contributed by atoms with Crippen molar-refractivity contribution in [1.29, 1.82) is 0 Å². The topological polar surface area (TPSA) is 38.3 Å². The molecule has 0 aromatic carbocycles. The van der Waals surface area contributed by atoms with Crippen LogP contribution in [0.3, 0.4) is 0 Å². The molecule has 0 saturated heterocycles. The van der Waals surface area contributed by atoms with Gasteiger partial charge in [0.2, 0.25) is 0 Å². The van der Waals surface area contributed by atoms with Crippen LogP contribution in [0.5, 0.6) is 0 Å². The number of nitrogens with one attached hydrogen (secondary N) is 1. The minimum atomic E-state index is -0.0953. The summed E-state index contributed by atoms with van der Waals surface area (Å²) >= 11 is 0.183. The summed E-state index contributed by atoms with van der Waals surface area (Å²) in [5, 5.41) is 3.12. The van der Waals surface area contributed by atoms with Crippen LogP contribution in [0.15, 0.2) is 0 Å². The average Bonchev–Trinajstić information content (AvgIpc) is 2.39. The Balaban J connectivity index is 2.97. The van der Waals surface area contributed by atoms with Crippen molar-refractivity contribution < 1.29 is 8.56 Å². The van der Waals surface area contributed by atoms with Crippen LogP contribution in [0.4, 0.5) is 0 Å². The second-order valence-electron chi connectivity index (χ2n) is 4.93. The van der Waals surface area contributed by atoms with Gasteiger partial charge in [-0.2, -0.15) is 0 Å². The minimum absolute atomic E-state index is 0.0953. The van der Waals surface area contributed by atoms with Gasteiger partial charge in [-0.05, 0) is 0 Å². The van der Waals surface area contributed by atoms with E-state index in [9.17, 15) is 4.79 Å². The van der Waals surface area contributed by atoms with Crippen molar-refractivity contribution in [3.05, 3.63) is 0 Å². The molecule has 1 N–H and O–H groups in total. The van der Waals surface area contributed by atoms with Gasteiger partial charge in [-0.1, -0.05) is 26.2 Å². The van der Waals surface area contributed by atoms with Crippen molar-refractivity contribution in [1.82, 2.24) is 5.32 Å². The van der Waals surface area contributed by atoms with Gasteiger partial charge in [0, 0.05) is 0 Å². The molecule has 0 radical (unpaired) electrons. The molecule has 0 heterocycles. The molecule has 0 spiro atoms. The molecule has 108 valence electrons. The van der Waals surface area contributed by atoms with Crippen molar-refractivity contribution in [2.24, 2.45) is 0 Å². The van der Waals surface area contributed by atoms with Crippen LogP contribution >= 0.6 is 0 Å². The summed E-state index contributed by atoms with van der Waals surface area (Å²) < 4.78 is 4.74. The predicted molar refractivity (Wildman–Crippen MR) is 80.7 cm³/mol. The zero-order valence-electron chi connectivity index (χ0n) is 12.3. The molecule has 0 aliphatic heterocycles. The summed E-state index contributed by atoms with van der Waals surface area (Å²) in [5.41, 5.74) is 0. The van der Waals surface area contributed by atoms with Crippen LogP contribution in [-0.2, 0) is 8.56 Å². The maximum absolute atomic E-state index is 10.9. The van der Waals surface area contributed by atoms with E-state index in [-0.39, 0.29) is 22.8 Å². The van der Waals surface area contributed by atoms with Gasteiger partial charge < -0.3 is 0 Å². The number of carbonyl (C=O) groups excluding carboxylic acids is 1. The van der Waals surface area contributed by atoms with Gasteiger partial charge in [0.25, 0.3) is 0 Å². The van der Waals surface area contributed by atoms with Gasteiger partial charge in [0.1, 0.15) is 0 Å². The molecular formula is C14H31GeNO2. The van der Waals surface area contributed by atoms with Crippen LogP contribution in [0, 0.1) is 0 Å². The second-order valence-corrected chi connectivity index (χ2v) is 5.79. The molecule has 0 bridgehead atoms. The molecule has 0 rings (SSSR count). The molecule has 0 fully saturated rings. The first kappa shape index (κ1) is 18.0. The molecule has 0 saturated carbocycles. The molecule has 0 amide bonds. The van der Waals surface area contributed by atoms with Gasteiger partial charge in [0.05, 0.1) is 0 Å². The Hall–Kier alpha value is -0.0271. The van der Waals surface area contributed by atoms with E-state index in [2.05, 4.69) is 12.2 Å². The van der Waals surface area contributed by atoms with Crippen molar-refractivity contribution >= 4 is 22.8 Å². The van der Waals surface area contributed by atoms with Crippen LogP contribution in [0.1, 0.15) is 71.1 Å². The van der Waals surface area contributed by atoms with Crippen molar-refractivity contribution in [2.45, 2.75) is 71.1 Å². The Bertz CT molecular complexity index is 189. The van der Waals surface area contributed by atoms with E-state index in [0.29, 0.717) is 6.54 Å². The van der Waals surface area contributed by atoms with Gasteiger partial charge in [0.15, 0.2) is 0 Å². The van der Waals surface area contributed by atoms with Crippen molar-refractivity contribution in [2.75, 3.05) is 13.1 Å². The summed E-state index contributed by atoms with van der Waals surface area (Å²) in [5.74, 6) is -0.0953. The van der Waals surface area contributed by atoms with E-state index in [4.69, 9.17) is 3.76 Å². The third-order valence-electron chi connectivity index (χ3n) is 3.20. The normalized spacial score (nSPS) is 10.7. The third-order valence-corrected chi connectivity index (χ3v) is 4.16. The van der Waals surface area contributed by atoms with Crippen molar-refractivity contribution in [3.63, 3.8) is 0 Å². The fraction of sp³-hybridized carbons (Fsp3) is 0.929. The Labute approximate surface area is 121 Å². The molecule has 0 unspecified atom stereocenters. The first-order valence-electron chi connectivity index (χ1n) is 7.58. The zero-order valence-corrected chi connectivity index (χ0v) is 16.5. The standard InChI is InChI=1S/C14H31GeNO2/c1-2-3-4-5-6-7-8-9-10-11-12-16-13-14(17)18-15/h16H,2-13H2,1,15H3. The summed E-state index contributed by atoms with van der Waals surface area (Å²) in [4.78, 5) is 10.9. The first-order chi connectivity index (χ1) is 8.81. The third kappa shape index (κ3) is 14.0. The van der Waals surface area contributed by atoms with Gasteiger partial charge in [-0.25, -0.2) is 0 Å². The second kappa shape index (κ2) is 15.0. The summed E-state index contributed by atoms with van der Waals surface area (Å²) in [7, 11) is 0. The number of rotatable bonds is 13. The summed E-state index contributed by atoms with van der Waals surface area (Å²) in [6.07, 6.45) is 13.5. The SMILES string of the molecule is CCCCCCCCCCCCNCC(=O)[O][GeH3]. The van der Waals surface area contributed by atoms with E-state index in [1.54, 1.807) is 0 Å². The summed E-state index contributed by atoms with van der Waals surface area (Å²) in [6.45, 7) is 3.59. The van der Waals surface area contributed by atoms with Crippen LogP contribution < -0.4 is 5.32 Å². The monoisotopic (exact) mass is 319 g/mol. The fourth-order valence-corrected chi connectivity index (χ4v) is 2.30. The fourth-order valence-electron chi connectivity index (χ4n) is 2.00. The molecule has 0 aliphatic rings. The number of carbonyl (C=O) groups is 1. The zero-order chi connectivity index (χ0) is 13.5. The Morgan fingerprint density at radius 2 is 1.44 bits per heavy atom. The molecule has 0 atom stereocenters. The van der Waals surface area contributed by atoms with E-state index in [1.165, 1.54) is 64.2 Å². The average molecular weight is 318 g/mol. The summed E-state index contributed by atoms with van der Waals surface area (Å²) in [6, 6.07) is 0. The van der Waals surface area contributed by atoms with Gasteiger partial charge in [-0.3, -0.25) is 0 Å². The predicted octanol–water partition coefficient (Wildman–Crippen LogP) is 2.32. The number of hydrogen-bond donors (Lipinski definition) is 1. The molecule has 0 aromatic heterocycles. The van der Waals surface area contributed by atoms with E-state index < -0.39 is 0 Å². The van der Waals surface area contributed by atoms with Crippen LogP contribution in [0.2, 0.25) is 0 Å². The molecule has 0 aliphatic carbocycles. The molecule has 0 aromatic rings. The first-order valence-corrected chi connectivity index (χ1v) is 9.30. The van der Waals surface area contributed by atoms with Gasteiger partial charge in [-0.15, -0.1) is 0 Å². The van der Waals surface area contributed by atoms with Gasteiger partial charge >= 0.3 is 94.7 Å². The Morgan fingerprint density at radius 3 is 1.94 bits per heavy atom. The van der Waals surface area contributed by atoms with E-state index in [0.717, 1.165) is 6.54 Å². The Morgan fingerprint density at radius 1 is 0.944 bits per heavy atom. The van der Waals surface area contributed by atoms with E-state index in [1.807, 2.05) is 0 Å². The maximum atomic E-state index is 10.9. The number of hydrogen-bond acceptors (Lipinski definition) is 3. The molecule has 4 heteroatoms. The molecular weight excluding hydrogens is 287 g/mol. The Kier molecular flexibility index (Phi) is 15.0. The molecule has 18 heavy (non-hydrogen) atoms. The van der Waals surface area contributed by atoms with Crippen LogP contribution in [0.25, 0.3) is 0 Å². The quantitative estimate of drug-likeness (QED) is 0.418. The van der Waals surface area contributed by atoms with E-state index >= 15 is 0 Å².